The molecule has 2 aliphatic heterocycles. The SMILES string of the molecule is CCCC(=O)NC1CCN(C(=O)C(C)N2C(=O)c3ccccc3C2=O)CC1. The Balaban J connectivity index is 1.60. The minimum absolute atomic E-state index is 0.0432. The van der Waals surface area contributed by atoms with Crippen LogP contribution in [0.4, 0.5) is 0 Å². The molecule has 27 heavy (non-hydrogen) atoms. The first-order chi connectivity index (χ1) is 12.9. The van der Waals surface area contributed by atoms with E-state index in [9.17, 15) is 19.2 Å². The standard InChI is InChI=1S/C20H25N3O4/c1-3-6-17(24)21-14-9-11-22(12-10-14)18(25)13(2)23-19(26)15-7-4-5-8-16(15)20(23)27/h4-5,7-8,13-14H,3,6,9-12H2,1-2H3,(H,21,24). The summed E-state index contributed by atoms with van der Waals surface area (Å²) in [5.41, 5.74) is 0.694. The van der Waals surface area contributed by atoms with E-state index in [1.807, 2.05) is 6.92 Å². The summed E-state index contributed by atoms with van der Waals surface area (Å²) in [5.74, 6) is -1.03. The van der Waals surface area contributed by atoms with Crippen molar-refractivity contribution in [1.29, 1.82) is 0 Å². The molecule has 1 aromatic rings. The molecule has 0 aromatic heterocycles. The molecule has 2 heterocycles. The molecular weight excluding hydrogens is 346 g/mol. The molecule has 0 aliphatic carbocycles. The fraction of sp³-hybridized carbons (Fsp3) is 0.500. The molecule has 0 spiro atoms. The minimum Gasteiger partial charge on any atom is -0.353 e. The van der Waals surface area contributed by atoms with E-state index in [1.165, 1.54) is 0 Å². The zero-order chi connectivity index (χ0) is 19.6. The summed E-state index contributed by atoms with van der Waals surface area (Å²) >= 11 is 0. The van der Waals surface area contributed by atoms with Crippen LogP contribution in [0.5, 0.6) is 0 Å². The van der Waals surface area contributed by atoms with Crippen molar-refractivity contribution in [3.05, 3.63) is 35.4 Å². The van der Waals surface area contributed by atoms with E-state index >= 15 is 0 Å². The van der Waals surface area contributed by atoms with Gasteiger partial charge in [-0.2, -0.15) is 0 Å². The first-order valence-electron chi connectivity index (χ1n) is 9.49. The number of amides is 4. The normalized spacial score (nSPS) is 18.4. The summed E-state index contributed by atoms with van der Waals surface area (Å²) in [6, 6.07) is 5.86. The maximum absolute atomic E-state index is 12.9. The molecule has 1 N–H and O–H groups in total. The minimum atomic E-state index is -0.844. The molecule has 0 bridgehead atoms. The highest BCUT2D eigenvalue weighted by molar-refractivity contribution is 6.22. The number of piperidine rings is 1. The first-order valence-corrected chi connectivity index (χ1v) is 9.49. The number of carbonyl (C=O) groups excluding carboxylic acids is 4. The van der Waals surface area contributed by atoms with E-state index in [4.69, 9.17) is 0 Å². The predicted octanol–water partition coefficient (Wildman–Crippen LogP) is 1.58. The summed E-state index contributed by atoms with van der Waals surface area (Å²) in [4.78, 5) is 52.4. The Morgan fingerprint density at radius 1 is 1.11 bits per heavy atom. The van der Waals surface area contributed by atoms with Crippen LogP contribution in [0.3, 0.4) is 0 Å². The lowest BCUT2D eigenvalue weighted by Gasteiger charge is -2.35. The van der Waals surface area contributed by atoms with Crippen molar-refractivity contribution in [2.45, 2.75) is 51.6 Å². The lowest BCUT2D eigenvalue weighted by Crippen LogP contribution is -2.53. The highest BCUT2D eigenvalue weighted by Crippen LogP contribution is 2.25. The van der Waals surface area contributed by atoms with E-state index < -0.39 is 17.9 Å². The van der Waals surface area contributed by atoms with Gasteiger partial charge in [0.25, 0.3) is 11.8 Å². The van der Waals surface area contributed by atoms with Crippen LogP contribution in [-0.2, 0) is 9.59 Å². The quantitative estimate of drug-likeness (QED) is 0.796. The van der Waals surface area contributed by atoms with Crippen molar-refractivity contribution >= 4 is 23.6 Å². The molecule has 3 rings (SSSR count). The second kappa shape index (κ2) is 7.90. The molecule has 4 amide bonds. The van der Waals surface area contributed by atoms with E-state index in [1.54, 1.807) is 36.1 Å². The molecule has 7 nitrogen and oxygen atoms in total. The van der Waals surface area contributed by atoms with Gasteiger partial charge in [0.1, 0.15) is 6.04 Å². The molecule has 1 saturated heterocycles. The molecule has 1 aromatic carbocycles. The fourth-order valence-electron chi connectivity index (χ4n) is 3.71. The van der Waals surface area contributed by atoms with Gasteiger partial charge < -0.3 is 10.2 Å². The Labute approximate surface area is 158 Å². The van der Waals surface area contributed by atoms with Crippen molar-refractivity contribution in [2.75, 3.05) is 13.1 Å². The van der Waals surface area contributed by atoms with Gasteiger partial charge in [0.2, 0.25) is 11.8 Å². The van der Waals surface area contributed by atoms with Crippen molar-refractivity contribution in [3.8, 4) is 0 Å². The van der Waals surface area contributed by atoms with Gasteiger partial charge in [-0.3, -0.25) is 24.1 Å². The summed E-state index contributed by atoms with van der Waals surface area (Å²) in [6.07, 6.45) is 2.67. The Morgan fingerprint density at radius 2 is 1.67 bits per heavy atom. The van der Waals surface area contributed by atoms with E-state index in [2.05, 4.69) is 5.32 Å². The van der Waals surface area contributed by atoms with Gasteiger partial charge in [0.15, 0.2) is 0 Å². The molecule has 0 radical (unpaired) electrons. The molecule has 2 aliphatic rings. The van der Waals surface area contributed by atoms with Crippen molar-refractivity contribution in [2.24, 2.45) is 0 Å². The van der Waals surface area contributed by atoms with E-state index in [0.717, 1.165) is 11.3 Å². The highest BCUT2D eigenvalue weighted by atomic mass is 16.2. The largest absolute Gasteiger partial charge is 0.353 e. The number of fused-ring (bicyclic) bond motifs is 1. The second-order valence-corrected chi connectivity index (χ2v) is 7.12. The summed E-state index contributed by atoms with van der Waals surface area (Å²) in [6.45, 7) is 4.56. The zero-order valence-corrected chi connectivity index (χ0v) is 15.7. The summed E-state index contributed by atoms with van der Waals surface area (Å²) in [5, 5.41) is 2.99. The Bertz CT molecular complexity index is 733. The molecular formula is C20H25N3O4. The number of likely N-dealkylation sites (tertiary alicyclic amines) is 1. The van der Waals surface area contributed by atoms with Crippen LogP contribution in [0.25, 0.3) is 0 Å². The number of carbonyl (C=O) groups is 4. The third kappa shape index (κ3) is 3.72. The molecule has 1 unspecified atom stereocenters. The number of imide groups is 1. The summed E-state index contributed by atoms with van der Waals surface area (Å²) in [7, 11) is 0. The molecule has 144 valence electrons. The first kappa shape index (κ1) is 19.1. The number of rotatable bonds is 5. The molecule has 1 fully saturated rings. The maximum atomic E-state index is 12.9. The summed E-state index contributed by atoms with van der Waals surface area (Å²) < 4.78 is 0. The van der Waals surface area contributed by atoms with Crippen LogP contribution >= 0.6 is 0 Å². The molecule has 7 heteroatoms. The van der Waals surface area contributed by atoms with Gasteiger partial charge in [0.05, 0.1) is 11.1 Å². The van der Waals surface area contributed by atoms with Crippen LogP contribution < -0.4 is 5.32 Å². The predicted molar refractivity (Wildman–Crippen MR) is 99.1 cm³/mol. The van der Waals surface area contributed by atoms with Gasteiger partial charge in [-0.1, -0.05) is 19.1 Å². The van der Waals surface area contributed by atoms with Crippen LogP contribution in [0.1, 0.15) is 60.2 Å². The Morgan fingerprint density at radius 3 is 2.19 bits per heavy atom. The van der Waals surface area contributed by atoms with Crippen LogP contribution in [0.2, 0.25) is 0 Å². The van der Waals surface area contributed by atoms with Gasteiger partial charge in [0, 0.05) is 25.6 Å². The van der Waals surface area contributed by atoms with Gasteiger partial charge in [-0.25, -0.2) is 0 Å². The van der Waals surface area contributed by atoms with Crippen molar-refractivity contribution < 1.29 is 19.2 Å². The topological polar surface area (TPSA) is 86.8 Å². The van der Waals surface area contributed by atoms with Crippen molar-refractivity contribution in [3.63, 3.8) is 0 Å². The average molecular weight is 371 g/mol. The zero-order valence-electron chi connectivity index (χ0n) is 15.7. The van der Waals surface area contributed by atoms with Crippen LogP contribution in [0.15, 0.2) is 24.3 Å². The number of benzene rings is 1. The lowest BCUT2D eigenvalue weighted by molar-refractivity contribution is -0.136. The van der Waals surface area contributed by atoms with Gasteiger partial charge in [-0.15, -0.1) is 0 Å². The average Bonchev–Trinajstić information content (AvgIpc) is 2.92. The smallest absolute Gasteiger partial charge is 0.262 e. The van der Waals surface area contributed by atoms with Crippen molar-refractivity contribution in [1.82, 2.24) is 15.1 Å². The lowest BCUT2D eigenvalue weighted by atomic mass is 10.0. The highest BCUT2D eigenvalue weighted by Gasteiger charge is 2.42. The van der Waals surface area contributed by atoms with E-state index in [0.29, 0.717) is 43.5 Å². The Kier molecular flexibility index (Phi) is 5.58. The van der Waals surface area contributed by atoms with Crippen LogP contribution in [0, 0.1) is 0 Å². The van der Waals surface area contributed by atoms with Gasteiger partial charge in [-0.05, 0) is 38.3 Å². The fourth-order valence-corrected chi connectivity index (χ4v) is 3.71. The molecule has 0 saturated carbocycles. The van der Waals surface area contributed by atoms with E-state index in [-0.39, 0.29) is 17.9 Å². The number of nitrogens with zero attached hydrogens (tertiary/aromatic N) is 2. The van der Waals surface area contributed by atoms with Crippen LogP contribution in [-0.4, -0.2) is 58.6 Å². The van der Waals surface area contributed by atoms with Gasteiger partial charge >= 0.3 is 0 Å². The number of hydrogen-bond donors (Lipinski definition) is 1. The Hall–Kier alpha value is -2.70. The number of nitrogens with one attached hydrogen (secondary N) is 1. The third-order valence-corrected chi connectivity index (χ3v) is 5.22. The maximum Gasteiger partial charge on any atom is 0.262 e. The second-order valence-electron chi connectivity index (χ2n) is 7.12. The monoisotopic (exact) mass is 371 g/mol. The third-order valence-electron chi connectivity index (χ3n) is 5.22. The number of hydrogen-bond acceptors (Lipinski definition) is 4. The molecule has 1 atom stereocenters.